The van der Waals surface area contributed by atoms with E-state index in [-0.39, 0.29) is 7.43 Å². The lowest BCUT2D eigenvalue weighted by atomic mass is 10.5. The van der Waals surface area contributed by atoms with Gasteiger partial charge in [0.25, 0.3) is 0 Å². The van der Waals surface area contributed by atoms with Crippen molar-refractivity contribution in [2.75, 3.05) is 68.3 Å². The van der Waals surface area contributed by atoms with Crippen molar-refractivity contribution >= 4 is 6.09 Å². The average Bonchev–Trinajstić information content (AvgIpc) is 2.31. The van der Waals surface area contributed by atoms with Crippen molar-refractivity contribution in [2.24, 2.45) is 0 Å². The highest BCUT2D eigenvalue weighted by atomic mass is 16.7. The molecule has 0 aromatic carbocycles. The van der Waals surface area contributed by atoms with Gasteiger partial charge in [-0.1, -0.05) is 19.8 Å². The van der Waals surface area contributed by atoms with Crippen molar-refractivity contribution < 1.29 is 23.3 Å². The van der Waals surface area contributed by atoms with Crippen LogP contribution in [0.5, 0.6) is 0 Å². The standard InChI is InChI=1S/C13H31N4O3.CH4/c1-7-9-19-10-8-17(5,6)12-15-20-13(18)14-11-16(2,3)4;/h15H,7-12H2,1-6H3;1H4/q+1;/p+1. The first-order valence-corrected chi connectivity index (χ1v) is 7.04. The van der Waals surface area contributed by atoms with Gasteiger partial charge in [0.05, 0.1) is 41.8 Å². The lowest BCUT2D eigenvalue weighted by Gasteiger charge is -2.29. The van der Waals surface area contributed by atoms with E-state index in [1.165, 1.54) is 0 Å². The minimum Gasteiger partial charge on any atom is -0.376 e. The summed E-state index contributed by atoms with van der Waals surface area (Å²) in [5.41, 5.74) is 2.70. The fourth-order valence-corrected chi connectivity index (χ4v) is 1.25. The number of rotatable bonds is 10. The highest BCUT2D eigenvalue weighted by Gasteiger charge is 2.16. The van der Waals surface area contributed by atoms with Gasteiger partial charge in [0.1, 0.15) is 6.54 Å². The molecule has 0 saturated carbocycles. The van der Waals surface area contributed by atoms with Crippen LogP contribution in [-0.4, -0.2) is 83.4 Å². The minimum absolute atomic E-state index is 0. The molecule has 0 radical (unpaired) electrons. The summed E-state index contributed by atoms with van der Waals surface area (Å²) in [6, 6.07) is 0. The predicted molar refractivity (Wildman–Crippen MR) is 85.3 cm³/mol. The van der Waals surface area contributed by atoms with Crippen LogP contribution in [0.1, 0.15) is 20.8 Å². The van der Waals surface area contributed by atoms with Gasteiger partial charge < -0.3 is 18.5 Å². The van der Waals surface area contributed by atoms with Crippen LogP contribution in [0.3, 0.4) is 0 Å². The van der Waals surface area contributed by atoms with E-state index in [0.717, 1.165) is 19.6 Å². The van der Waals surface area contributed by atoms with Crippen molar-refractivity contribution in [3.05, 3.63) is 0 Å². The third-order valence-electron chi connectivity index (χ3n) is 2.54. The molecule has 1 amide bonds. The number of hydrogen-bond acceptors (Lipinski definition) is 4. The van der Waals surface area contributed by atoms with Crippen LogP contribution >= 0.6 is 0 Å². The van der Waals surface area contributed by atoms with E-state index in [2.05, 4.69) is 31.8 Å². The number of amides is 1. The summed E-state index contributed by atoms with van der Waals surface area (Å²) in [6.45, 7) is 5.49. The maximum atomic E-state index is 11.4. The second-order valence-corrected chi connectivity index (χ2v) is 6.59. The Bertz CT molecular complexity index is 278. The SMILES string of the molecule is C.CCCOCC[N+](C)(C)CNOC(=O)NC[N+](C)(C)C. The zero-order valence-electron chi connectivity index (χ0n) is 13.9. The minimum atomic E-state index is -0.458. The first-order valence-electron chi connectivity index (χ1n) is 7.04. The number of nitrogens with one attached hydrogen (secondary N) is 2. The third-order valence-corrected chi connectivity index (χ3v) is 2.54. The van der Waals surface area contributed by atoms with Gasteiger partial charge >= 0.3 is 6.09 Å². The van der Waals surface area contributed by atoms with Crippen LogP contribution in [0.2, 0.25) is 0 Å². The second-order valence-electron chi connectivity index (χ2n) is 6.59. The molecular formula is C14H36N4O3+2. The molecule has 0 aromatic rings. The average molecular weight is 308 g/mol. The quantitative estimate of drug-likeness (QED) is 0.273. The fraction of sp³-hybridized carbons (Fsp3) is 0.929. The number of likely N-dealkylation sites (N-methyl/N-ethyl adjacent to an activating group) is 1. The van der Waals surface area contributed by atoms with Gasteiger partial charge in [-0.05, 0) is 6.42 Å². The lowest BCUT2D eigenvalue weighted by Crippen LogP contribution is -2.50. The molecular weight excluding hydrogens is 272 g/mol. The Hall–Kier alpha value is -0.890. The van der Waals surface area contributed by atoms with Crippen LogP contribution in [0.15, 0.2) is 0 Å². The van der Waals surface area contributed by atoms with Crippen LogP contribution in [0, 0.1) is 0 Å². The van der Waals surface area contributed by atoms with Gasteiger partial charge in [-0.25, -0.2) is 4.79 Å². The molecule has 0 aliphatic rings. The molecule has 0 rings (SSSR count). The van der Waals surface area contributed by atoms with Gasteiger partial charge in [0.2, 0.25) is 0 Å². The number of hydroxylamine groups is 1. The van der Waals surface area contributed by atoms with Crippen molar-refractivity contribution in [1.29, 1.82) is 0 Å². The van der Waals surface area contributed by atoms with Crippen LogP contribution in [0.4, 0.5) is 4.79 Å². The zero-order valence-corrected chi connectivity index (χ0v) is 13.9. The van der Waals surface area contributed by atoms with E-state index in [4.69, 9.17) is 9.57 Å². The Balaban J connectivity index is 0. The van der Waals surface area contributed by atoms with Gasteiger partial charge in [-0.3, -0.25) is 5.32 Å². The Morgan fingerprint density at radius 2 is 1.67 bits per heavy atom. The molecule has 0 spiro atoms. The molecule has 7 nitrogen and oxygen atoms in total. The highest BCUT2D eigenvalue weighted by Crippen LogP contribution is 1.95. The van der Waals surface area contributed by atoms with E-state index in [1.54, 1.807) is 0 Å². The Kier molecular flexibility index (Phi) is 11.5. The molecule has 21 heavy (non-hydrogen) atoms. The molecule has 0 unspecified atom stereocenters. The highest BCUT2D eigenvalue weighted by molar-refractivity contribution is 5.66. The number of carbonyl (C=O) groups is 1. The normalized spacial score (nSPS) is 11.7. The maximum absolute atomic E-state index is 11.4. The van der Waals surface area contributed by atoms with Gasteiger partial charge in [-0.2, -0.15) is 0 Å². The van der Waals surface area contributed by atoms with E-state index in [0.29, 0.717) is 28.9 Å². The monoisotopic (exact) mass is 308 g/mol. The number of hydrogen-bond donors (Lipinski definition) is 2. The van der Waals surface area contributed by atoms with E-state index < -0.39 is 6.09 Å². The first kappa shape index (κ1) is 22.4. The second kappa shape index (κ2) is 10.8. The smallest absolute Gasteiger partial charge is 0.376 e. The van der Waals surface area contributed by atoms with E-state index in [1.807, 2.05) is 21.1 Å². The summed E-state index contributed by atoms with van der Waals surface area (Å²) in [5.74, 6) is 0. The van der Waals surface area contributed by atoms with Crippen molar-refractivity contribution in [3.8, 4) is 0 Å². The third kappa shape index (κ3) is 15.3. The number of nitrogens with zero attached hydrogens (tertiary/aromatic N) is 2. The van der Waals surface area contributed by atoms with E-state index >= 15 is 0 Å². The summed E-state index contributed by atoms with van der Waals surface area (Å²) < 4.78 is 6.77. The molecule has 0 atom stereocenters. The predicted octanol–water partition coefficient (Wildman–Crippen LogP) is 0.978. The summed E-state index contributed by atoms with van der Waals surface area (Å²) in [6.07, 6.45) is 0.571. The van der Waals surface area contributed by atoms with Crippen molar-refractivity contribution in [1.82, 2.24) is 10.8 Å². The summed E-state index contributed by atoms with van der Waals surface area (Å²) in [4.78, 5) is 16.4. The summed E-state index contributed by atoms with van der Waals surface area (Å²) in [7, 11) is 10.1. The van der Waals surface area contributed by atoms with Crippen LogP contribution in [-0.2, 0) is 9.57 Å². The molecule has 128 valence electrons. The molecule has 0 fully saturated rings. The summed E-state index contributed by atoms with van der Waals surface area (Å²) >= 11 is 0. The first-order chi connectivity index (χ1) is 9.16. The summed E-state index contributed by atoms with van der Waals surface area (Å²) in [5, 5.41) is 2.69. The molecule has 0 bridgehead atoms. The van der Waals surface area contributed by atoms with Gasteiger partial charge in [0, 0.05) is 6.61 Å². The zero-order chi connectivity index (χ0) is 15.6. The molecule has 0 heterocycles. The van der Waals surface area contributed by atoms with Crippen molar-refractivity contribution in [2.45, 2.75) is 20.8 Å². The van der Waals surface area contributed by atoms with E-state index in [9.17, 15) is 4.79 Å². The fourth-order valence-electron chi connectivity index (χ4n) is 1.25. The Labute approximate surface area is 130 Å². The number of carbonyl (C=O) groups excluding carboxylic acids is 1. The van der Waals surface area contributed by atoms with Crippen molar-refractivity contribution in [3.63, 3.8) is 0 Å². The molecule has 0 aliphatic carbocycles. The number of ether oxygens (including phenoxy) is 1. The Morgan fingerprint density at radius 3 is 2.19 bits per heavy atom. The van der Waals surface area contributed by atoms with Crippen LogP contribution in [0.25, 0.3) is 0 Å². The number of quaternary nitrogens is 2. The van der Waals surface area contributed by atoms with Crippen LogP contribution < -0.4 is 10.8 Å². The molecule has 2 N–H and O–H groups in total. The Morgan fingerprint density at radius 1 is 1.05 bits per heavy atom. The van der Waals surface area contributed by atoms with Gasteiger partial charge in [0.15, 0.2) is 13.3 Å². The van der Waals surface area contributed by atoms with Gasteiger partial charge in [-0.15, -0.1) is 0 Å². The molecule has 0 aliphatic heterocycles. The topological polar surface area (TPSA) is 59.6 Å². The maximum Gasteiger partial charge on any atom is 0.430 e. The molecule has 0 saturated heterocycles. The largest absolute Gasteiger partial charge is 0.430 e. The lowest BCUT2D eigenvalue weighted by molar-refractivity contribution is -0.896. The molecule has 7 heteroatoms. The molecule has 0 aromatic heterocycles.